The summed E-state index contributed by atoms with van der Waals surface area (Å²) in [4.78, 5) is 0.991. The van der Waals surface area contributed by atoms with Crippen molar-refractivity contribution >= 4 is 11.8 Å². The summed E-state index contributed by atoms with van der Waals surface area (Å²) >= 11 is 1.58. The number of ether oxygens (including phenoxy) is 1. The fourth-order valence-corrected chi connectivity index (χ4v) is 1.97. The van der Waals surface area contributed by atoms with Crippen LogP contribution >= 0.6 is 11.8 Å². The second-order valence-corrected chi connectivity index (χ2v) is 4.55. The van der Waals surface area contributed by atoms with Gasteiger partial charge in [-0.15, -0.1) is 11.8 Å². The van der Waals surface area contributed by atoms with E-state index in [0.717, 1.165) is 23.2 Å². The second-order valence-electron chi connectivity index (χ2n) is 3.70. The minimum atomic E-state index is 0.672. The van der Waals surface area contributed by atoms with Crippen molar-refractivity contribution in [3.05, 3.63) is 23.8 Å². The van der Waals surface area contributed by atoms with Crippen LogP contribution in [0, 0.1) is 17.2 Å². The molecular weight excluding hydrogens is 206 g/mol. The predicted octanol–water partition coefficient (Wildman–Crippen LogP) is 3.07. The van der Waals surface area contributed by atoms with Gasteiger partial charge in [0.15, 0.2) is 0 Å². The van der Waals surface area contributed by atoms with Crippen LogP contribution in [0.1, 0.15) is 18.4 Å². The lowest BCUT2D eigenvalue weighted by atomic mass is 10.2. The van der Waals surface area contributed by atoms with Crippen LogP contribution < -0.4 is 4.74 Å². The second kappa shape index (κ2) is 4.59. The van der Waals surface area contributed by atoms with Crippen molar-refractivity contribution in [2.24, 2.45) is 5.92 Å². The SMILES string of the molecule is CSc1cccc(OCC2CC2)c1C#N. The van der Waals surface area contributed by atoms with Crippen LogP contribution in [0.5, 0.6) is 5.75 Å². The Hall–Kier alpha value is -1.14. The molecule has 15 heavy (non-hydrogen) atoms. The summed E-state index contributed by atoms with van der Waals surface area (Å²) < 4.78 is 5.66. The van der Waals surface area contributed by atoms with Crippen LogP contribution in [0.25, 0.3) is 0 Å². The first-order chi connectivity index (χ1) is 7.35. The van der Waals surface area contributed by atoms with Gasteiger partial charge >= 0.3 is 0 Å². The zero-order chi connectivity index (χ0) is 10.7. The molecule has 3 heteroatoms. The summed E-state index contributed by atoms with van der Waals surface area (Å²) in [7, 11) is 0. The molecule has 1 saturated carbocycles. The van der Waals surface area contributed by atoms with Gasteiger partial charge in [0.05, 0.1) is 6.61 Å². The van der Waals surface area contributed by atoms with E-state index in [9.17, 15) is 0 Å². The molecule has 0 atom stereocenters. The Morgan fingerprint density at radius 3 is 2.93 bits per heavy atom. The lowest BCUT2D eigenvalue weighted by molar-refractivity contribution is 0.298. The van der Waals surface area contributed by atoms with E-state index >= 15 is 0 Å². The number of nitriles is 1. The molecule has 0 bridgehead atoms. The molecular formula is C12H13NOS. The van der Waals surface area contributed by atoms with Crippen molar-refractivity contribution in [3.63, 3.8) is 0 Å². The topological polar surface area (TPSA) is 33.0 Å². The summed E-state index contributed by atoms with van der Waals surface area (Å²) in [5.41, 5.74) is 0.672. The zero-order valence-corrected chi connectivity index (χ0v) is 9.51. The average molecular weight is 219 g/mol. The van der Waals surface area contributed by atoms with Crippen LogP contribution in [0.3, 0.4) is 0 Å². The highest BCUT2D eigenvalue weighted by atomic mass is 32.2. The van der Waals surface area contributed by atoms with Crippen LogP contribution in [-0.2, 0) is 0 Å². The maximum absolute atomic E-state index is 9.07. The van der Waals surface area contributed by atoms with Crippen molar-refractivity contribution in [2.45, 2.75) is 17.7 Å². The van der Waals surface area contributed by atoms with Crippen molar-refractivity contribution in [2.75, 3.05) is 12.9 Å². The monoisotopic (exact) mass is 219 g/mol. The van der Waals surface area contributed by atoms with Crippen molar-refractivity contribution in [3.8, 4) is 11.8 Å². The van der Waals surface area contributed by atoms with Gasteiger partial charge in [-0.1, -0.05) is 6.07 Å². The molecule has 0 radical (unpaired) electrons. The maximum Gasteiger partial charge on any atom is 0.138 e. The van der Waals surface area contributed by atoms with Crippen LogP contribution in [-0.4, -0.2) is 12.9 Å². The van der Waals surface area contributed by atoms with Crippen molar-refractivity contribution in [1.82, 2.24) is 0 Å². The minimum absolute atomic E-state index is 0.672. The fraction of sp³-hybridized carbons (Fsp3) is 0.417. The molecule has 0 saturated heterocycles. The van der Waals surface area contributed by atoms with Gasteiger partial charge in [0.1, 0.15) is 17.4 Å². The van der Waals surface area contributed by atoms with Crippen molar-refractivity contribution in [1.29, 1.82) is 5.26 Å². The normalized spacial score (nSPS) is 14.7. The summed E-state index contributed by atoms with van der Waals surface area (Å²) in [6, 6.07) is 7.98. The highest BCUT2D eigenvalue weighted by Gasteiger charge is 2.22. The molecule has 0 spiro atoms. The number of thioether (sulfide) groups is 1. The molecule has 1 aliphatic carbocycles. The van der Waals surface area contributed by atoms with E-state index in [4.69, 9.17) is 10.00 Å². The molecule has 1 aliphatic rings. The molecule has 1 fully saturated rings. The van der Waals surface area contributed by atoms with Gasteiger partial charge in [0.25, 0.3) is 0 Å². The molecule has 0 heterocycles. The zero-order valence-electron chi connectivity index (χ0n) is 8.69. The van der Waals surface area contributed by atoms with Gasteiger partial charge in [0, 0.05) is 4.90 Å². The Morgan fingerprint density at radius 2 is 2.33 bits per heavy atom. The third kappa shape index (κ3) is 2.45. The highest BCUT2D eigenvalue weighted by Crippen LogP contribution is 2.32. The first-order valence-electron chi connectivity index (χ1n) is 5.05. The lowest BCUT2D eigenvalue weighted by Gasteiger charge is -2.09. The van der Waals surface area contributed by atoms with E-state index in [1.165, 1.54) is 12.8 Å². The molecule has 1 aromatic rings. The van der Waals surface area contributed by atoms with Gasteiger partial charge in [-0.25, -0.2) is 0 Å². The van der Waals surface area contributed by atoms with E-state index in [1.807, 2.05) is 24.5 Å². The summed E-state index contributed by atoms with van der Waals surface area (Å²) in [6.07, 6.45) is 4.51. The molecule has 0 N–H and O–H groups in total. The van der Waals surface area contributed by atoms with E-state index in [2.05, 4.69) is 6.07 Å². The van der Waals surface area contributed by atoms with E-state index in [0.29, 0.717) is 5.56 Å². The number of hydrogen-bond acceptors (Lipinski definition) is 3. The Balaban J connectivity index is 2.17. The molecule has 2 nitrogen and oxygen atoms in total. The molecule has 78 valence electrons. The number of rotatable bonds is 4. The van der Waals surface area contributed by atoms with Crippen LogP contribution in [0.15, 0.2) is 23.1 Å². The quantitative estimate of drug-likeness (QED) is 0.730. The minimum Gasteiger partial charge on any atom is -0.492 e. The maximum atomic E-state index is 9.07. The molecule has 0 amide bonds. The predicted molar refractivity (Wildman–Crippen MR) is 61.2 cm³/mol. The van der Waals surface area contributed by atoms with Gasteiger partial charge in [-0.2, -0.15) is 5.26 Å². The molecule has 0 aromatic heterocycles. The Morgan fingerprint density at radius 1 is 1.53 bits per heavy atom. The summed E-state index contributed by atoms with van der Waals surface area (Å²) in [6.45, 7) is 0.756. The third-order valence-corrected chi connectivity index (χ3v) is 3.27. The van der Waals surface area contributed by atoms with Gasteiger partial charge in [-0.3, -0.25) is 0 Å². The third-order valence-electron chi connectivity index (χ3n) is 2.49. The number of benzene rings is 1. The Bertz CT molecular complexity index is 393. The summed E-state index contributed by atoms with van der Waals surface area (Å²) in [5, 5.41) is 9.07. The first kappa shape index (κ1) is 10.4. The smallest absolute Gasteiger partial charge is 0.138 e. The van der Waals surface area contributed by atoms with E-state index in [1.54, 1.807) is 11.8 Å². The molecule has 0 aliphatic heterocycles. The standard InChI is InChI=1S/C12H13NOS/c1-15-12-4-2-3-11(10(12)7-13)14-8-9-5-6-9/h2-4,9H,5-6,8H2,1H3. The molecule has 2 rings (SSSR count). The molecule has 0 unspecified atom stereocenters. The highest BCUT2D eigenvalue weighted by molar-refractivity contribution is 7.98. The Labute approximate surface area is 94.2 Å². The number of hydrogen-bond donors (Lipinski definition) is 0. The van der Waals surface area contributed by atoms with E-state index in [-0.39, 0.29) is 0 Å². The first-order valence-corrected chi connectivity index (χ1v) is 6.27. The van der Waals surface area contributed by atoms with Crippen molar-refractivity contribution < 1.29 is 4.74 Å². The largest absolute Gasteiger partial charge is 0.492 e. The lowest BCUT2D eigenvalue weighted by Crippen LogP contribution is -2.01. The molecule has 1 aromatic carbocycles. The van der Waals surface area contributed by atoms with Crippen LogP contribution in [0.2, 0.25) is 0 Å². The van der Waals surface area contributed by atoms with Gasteiger partial charge in [-0.05, 0) is 37.1 Å². The van der Waals surface area contributed by atoms with Gasteiger partial charge < -0.3 is 4.74 Å². The van der Waals surface area contributed by atoms with E-state index < -0.39 is 0 Å². The summed E-state index contributed by atoms with van der Waals surface area (Å²) in [5.74, 6) is 1.45. The number of nitrogens with zero attached hydrogens (tertiary/aromatic N) is 1. The Kier molecular flexibility index (Phi) is 3.17. The fourth-order valence-electron chi connectivity index (χ4n) is 1.40. The van der Waals surface area contributed by atoms with Gasteiger partial charge in [0.2, 0.25) is 0 Å². The average Bonchev–Trinajstić information content (AvgIpc) is 3.09. The van der Waals surface area contributed by atoms with Crippen LogP contribution in [0.4, 0.5) is 0 Å².